The predicted molar refractivity (Wildman–Crippen MR) is 115 cm³/mol. The molecule has 164 valence electrons. The number of hydrogen-bond acceptors (Lipinski definition) is 8. The molecule has 0 radical (unpaired) electrons. The first kappa shape index (κ1) is 21.6. The van der Waals surface area contributed by atoms with E-state index in [0.717, 1.165) is 17.7 Å². The molecule has 1 aliphatic heterocycles. The van der Waals surface area contributed by atoms with Gasteiger partial charge < -0.3 is 18.6 Å². The number of nitrogens with zero attached hydrogens (tertiary/aromatic N) is 3. The number of esters is 1. The van der Waals surface area contributed by atoms with Crippen LogP contribution in [0.4, 0.5) is 0 Å². The summed E-state index contributed by atoms with van der Waals surface area (Å²) >= 11 is 7.90. The molecule has 0 saturated heterocycles. The number of aromatic nitrogens is 3. The van der Waals surface area contributed by atoms with E-state index in [9.17, 15) is 4.79 Å². The normalized spacial score (nSPS) is 13.1. The highest BCUT2D eigenvalue weighted by Crippen LogP contribution is 2.39. The van der Waals surface area contributed by atoms with Gasteiger partial charge in [-0.25, -0.2) is 0 Å². The summed E-state index contributed by atoms with van der Waals surface area (Å²) in [4.78, 5) is 12.0. The molecule has 1 aliphatic rings. The van der Waals surface area contributed by atoms with Crippen molar-refractivity contribution in [3.8, 4) is 11.5 Å². The first-order chi connectivity index (χ1) is 15.1. The summed E-state index contributed by atoms with van der Waals surface area (Å²) in [6.45, 7) is 3.68. The predicted octanol–water partition coefficient (Wildman–Crippen LogP) is 4.13. The Kier molecular flexibility index (Phi) is 7.03. The number of benzene rings is 1. The second-order valence-corrected chi connectivity index (χ2v) is 8.14. The van der Waals surface area contributed by atoms with Crippen molar-refractivity contribution in [3.05, 3.63) is 52.7 Å². The second kappa shape index (κ2) is 10.1. The minimum atomic E-state index is -0.346. The van der Waals surface area contributed by atoms with Crippen LogP contribution in [-0.4, -0.2) is 40.6 Å². The molecule has 4 rings (SSSR count). The Morgan fingerprint density at radius 3 is 2.97 bits per heavy atom. The Bertz CT molecular complexity index is 1040. The number of fused-ring (bicyclic) bond motifs is 1. The number of carbonyl (C=O) groups excluding carboxylic acids is 1. The van der Waals surface area contributed by atoms with Crippen LogP contribution < -0.4 is 9.47 Å². The van der Waals surface area contributed by atoms with Gasteiger partial charge in [0.1, 0.15) is 18.0 Å². The van der Waals surface area contributed by atoms with Gasteiger partial charge in [0.15, 0.2) is 16.7 Å². The molecule has 3 aromatic rings. The molecule has 10 heteroatoms. The molecule has 8 nitrogen and oxygen atoms in total. The molecular weight excluding hydrogens is 442 g/mol. The van der Waals surface area contributed by atoms with Gasteiger partial charge in [-0.2, -0.15) is 0 Å². The molecule has 0 unspecified atom stereocenters. The van der Waals surface area contributed by atoms with Crippen molar-refractivity contribution >= 4 is 29.3 Å². The minimum Gasteiger partial charge on any atom is -0.489 e. The number of halogens is 1. The Hall–Kier alpha value is -2.65. The Labute approximate surface area is 188 Å². The van der Waals surface area contributed by atoms with Crippen LogP contribution in [0.3, 0.4) is 0 Å². The highest BCUT2D eigenvalue weighted by Gasteiger charge is 2.19. The maximum Gasteiger partial charge on any atom is 0.313 e. The molecule has 0 spiro atoms. The summed E-state index contributed by atoms with van der Waals surface area (Å²) in [6.07, 6.45) is 2.46. The van der Waals surface area contributed by atoms with E-state index in [0.29, 0.717) is 59.6 Å². The molecule has 0 saturated carbocycles. The fraction of sp³-hybridized carbons (Fsp3) is 0.381. The molecular formula is C21H22ClN3O5S. The smallest absolute Gasteiger partial charge is 0.313 e. The zero-order valence-electron chi connectivity index (χ0n) is 17.0. The van der Waals surface area contributed by atoms with Gasteiger partial charge in [-0.15, -0.1) is 10.2 Å². The highest BCUT2D eigenvalue weighted by atomic mass is 35.5. The summed E-state index contributed by atoms with van der Waals surface area (Å²) in [5, 5.41) is 9.69. The summed E-state index contributed by atoms with van der Waals surface area (Å²) < 4.78 is 23.9. The van der Waals surface area contributed by atoms with E-state index in [1.807, 2.05) is 28.8 Å². The van der Waals surface area contributed by atoms with E-state index in [-0.39, 0.29) is 12.4 Å². The van der Waals surface area contributed by atoms with Gasteiger partial charge in [-0.05, 0) is 36.8 Å². The summed E-state index contributed by atoms with van der Waals surface area (Å²) in [6, 6.07) is 7.49. The lowest BCUT2D eigenvalue weighted by Gasteiger charge is -2.12. The van der Waals surface area contributed by atoms with Gasteiger partial charge in [0, 0.05) is 12.2 Å². The van der Waals surface area contributed by atoms with Crippen LogP contribution in [-0.2, 0) is 28.2 Å². The summed E-state index contributed by atoms with van der Waals surface area (Å²) in [7, 11) is 0. The molecule has 0 fully saturated rings. The van der Waals surface area contributed by atoms with Crippen molar-refractivity contribution in [2.24, 2.45) is 0 Å². The SMILES string of the molecule is CCOC(=O)Cc1nnc(SCc2cc(Cl)c3c(c2)OCCCO3)n1Cc1ccco1. The monoisotopic (exact) mass is 463 g/mol. The number of carbonyl (C=O) groups is 1. The van der Waals surface area contributed by atoms with E-state index in [2.05, 4.69) is 10.2 Å². The lowest BCUT2D eigenvalue weighted by Crippen LogP contribution is -2.13. The highest BCUT2D eigenvalue weighted by molar-refractivity contribution is 7.98. The standard InChI is InChI=1S/C21H22ClN3O5S/c1-2-27-19(26)11-18-23-24-21(25(18)12-15-5-3-6-28-15)31-13-14-9-16(22)20-17(10-14)29-7-4-8-30-20/h3,5-6,9-10H,2,4,7-8,11-13H2,1H3. The van der Waals surface area contributed by atoms with E-state index < -0.39 is 0 Å². The van der Waals surface area contributed by atoms with Gasteiger partial charge in [-0.1, -0.05) is 23.4 Å². The van der Waals surface area contributed by atoms with Gasteiger partial charge in [0.25, 0.3) is 0 Å². The average Bonchev–Trinajstić information content (AvgIpc) is 3.31. The number of furan rings is 1. The quantitative estimate of drug-likeness (QED) is 0.364. The lowest BCUT2D eigenvalue weighted by atomic mass is 10.2. The third-order valence-electron chi connectivity index (χ3n) is 4.53. The first-order valence-electron chi connectivity index (χ1n) is 9.95. The largest absolute Gasteiger partial charge is 0.489 e. The topological polar surface area (TPSA) is 88.6 Å². The zero-order chi connectivity index (χ0) is 21.6. The van der Waals surface area contributed by atoms with Gasteiger partial charge in [0.2, 0.25) is 0 Å². The van der Waals surface area contributed by atoms with Crippen molar-refractivity contribution < 1.29 is 23.4 Å². The maximum absolute atomic E-state index is 12.0. The van der Waals surface area contributed by atoms with E-state index in [1.54, 1.807) is 13.2 Å². The van der Waals surface area contributed by atoms with Crippen molar-refractivity contribution in [1.82, 2.24) is 14.8 Å². The fourth-order valence-corrected chi connectivity index (χ4v) is 4.30. The Balaban J connectivity index is 1.54. The average molecular weight is 464 g/mol. The molecule has 0 bridgehead atoms. The van der Waals surface area contributed by atoms with Crippen LogP contribution in [0.2, 0.25) is 5.02 Å². The molecule has 0 atom stereocenters. The van der Waals surface area contributed by atoms with Gasteiger partial charge >= 0.3 is 5.97 Å². The number of ether oxygens (including phenoxy) is 3. The van der Waals surface area contributed by atoms with Crippen molar-refractivity contribution in [3.63, 3.8) is 0 Å². The number of thioether (sulfide) groups is 1. The number of rotatable bonds is 8. The third kappa shape index (κ3) is 5.34. The van der Waals surface area contributed by atoms with Crippen LogP contribution in [0.15, 0.2) is 40.1 Å². The van der Waals surface area contributed by atoms with Crippen LogP contribution in [0.1, 0.15) is 30.5 Å². The zero-order valence-corrected chi connectivity index (χ0v) is 18.6. The van der Waals surface area contributed by atoms with E-state index in [1.165, 1.54) is 11.8 Å². The Morgan fingerprint density at radius 2 is 2.16 bits per heavy atom. The second-order valence-electron chi connectivity index (χ2n) is 6.79. The van der Waals surface area contributed by atoms with Crippen LogP contribution in [0.5, 0.6) is 11.5 Å². The summed E-state index contributed by atoms with van der Waals surface area (Å²) in [5.74, 6) is 2.75. The van der Waals surface area contributed by atoms with Crippen LogP contribution in [0.25, 0.3) is 0 Å². The Morgan fingerprint density at radius 1 is 1.29 bits per heavy atom. The molecule has 0 N–H and O–H groups in total. The number of hydrogen-bond donors (Lipinski definition) is 0. The molecule has 31 heavy (non-hydrogen) atoms. The first-order valence-corrected chi connectivity index (χ1v) is 11.3. The van der Waals surface area contributed by atoms with Crippen molar-refractivity contribution in [2.45, 2.75) is 37.2 Å². The fourth-order valence-electron chi connectivity index (χ4n) is 3.13. The molecule has 0 aliphatic carbocycles. The van der Waals surface area contributed by atoms with E-state index >= 15 is 0 Å². The van der Waals surface area contributed by atoms with E-state index in [4.69, 9.17) is 30.2 Å². The van der Waals surface area contributed by atoms with Crippen molar-refractivity contribution in [1.29, 1.82) is 0 Å². The minimum absolute atomic E-state index is 0.0396. The van der Waals surface area contributed by atoms with Gasteiger partial charge in [0.05, 0.1) is 37.7 Å². The molecule has 0 amide bonds. The van der Waals surface area contributed by atoms with Gasteiger partial charge in [-0.3, -0.25) is 9.36 Å². The van der Waals surface area contributed by atoms with Crippen molar-refractivity contribution in [2.75, 3.05) is 19.8 Å². The van der Waals surface area contributed by atoms with Crippen LogP contribution in [0, 0.1) is 0 Å². The molecule has 1 aromatic carbocycles. The van der Waals surface area contributed by atoms with Crippen LogP contribution >= 0.6 is 23.4 Å². The lowest BCUT2D eigenvalue weighted by molar-refractivity contribution is -0.142. The summed E-state index contributed by atoms with van der Waals surface area (Å²) in [5.41, 5.74) is 0.971. The third-order valence-corrected chi connectivity index (χ3v) is 5.84. The molecule has 3 heterocycles. The molecule has 2 aromatic heterocycles. The maximum atomic E-state index is 12.0.